The van der Waals surface area contributed by atoms with Gasteiger partial charge in [0.1, 0.15) is 17.3 Å². The molecule has 0 bridgehead atoms. The van der Waals surface area contributed by atoms with E-state index in [0.29, 0.717) is 5.02 Å². The van der Waals surface area contributed by atoms with Gasteiger partial charge in [0.15, 0.2) is 0 Å². The van der Waals surface area contributed by atoms with Crippen molar-refractivity contribution in [2.75, 3.05) is 19.0 Å². The molecule has 0 aliphatic carbocycles. The van der Waals surface area contributed by atoms with Crippen LogP contribution in [0.4, 0.5) is 5.82 Å². The van der Waals surface area contributed by atoms with Crippen LogP contribution in [0.2, 0.25) is 5.02 Å². The topological polar surface area (TPSA) is 39.1 Å². The molecule has 0 saturated carbocycles. The minimum absolute atomic E-state index is 0.691. The van der Waals surface area contributed by atoms with Crippen LogP contribution in [0.15, 0.2) is 18.2 Å². The Kier molecular flexibility index (Phi) is 2.67. The van der Waals surface area contributed by atoms with Gasteiger partial charge < -0.3 is 10.1 Å². The molecule has 18 heavy (non-hydrogen) atoms. The van der Waals surface area contributed by atoms with Crippen molar-refractivity contribution in [3.05, 3.63) is 28.8 Å². The smallest absolute Gasteiger partial charge is 0.128 e. The fourth-order valence-corrected chi connectivity index (χ4v) is 2.59. The summed E-state index contributed by atoms with van der Waals surface area (Å²) in [5.74, 6) is 1.89. The molecule has 94 valence electrons. The maximum Gasteiger partial charge on any atom is 0.128 e. The number of aryl methyl sites for hydroxylation is 1. The maximum absolute atomic E-state index is 6.08. The van der Waals surface area contributed by atoms with E-state index in [4.69, 9.17) is 16.3 Å². The molecule has 2 heterocycles. The summed E-state index contributed by atoms with van der Waals surface area (Å²) in [6.45, 7) is 0.955. The molecule has 3 rings (SSSR count). The number of fused-ring (bicyclic) bond motifs is 1. The highest BCUT2D eigenvalue weighted by molar-refractivity contribution is 6.31. The highest BCUT2D eigenvalue weighted by Crippen LogP contribution is 2.38. The summed E-state index contributed by atoms with van der Waals surface area (Å²) in [7, 11) is 3.60. The van der Waals surface area contributed by atoms with Gasteiger partial charge in [-0.2, -0.15) is 5.10 Å². The zero-order chi connectivity index (χ0) is 12.7. The lowest BCUT2D eigenvalue weighted by Crippen LogP contribution is -2.01. The Labute approximate surface area is 111 Å². The van der Waals surface area contributed by atoms with Crippen molar-refractivity contribution in [3.8, 4) is 17.0 Å². The SMILES string of the molecule is COc1ccc(Cl)cc1-c1nn(C)c2c1CCN2. The third-order valence-electron chi connectivity index (χ3n) is 3.23. The van der Waals surface area contributed by atoms with Gasteiger partial charge in [0, 0.05) is 29.7 Å². The lowest BCUT2D eigenvalue weighted by Gasteiger charge is -2.07. The van der Waals surface area contributed by atoms with Gasteiger partial charge in [-0.05, 0) is 24.6 Å². The molecule has 2 aromatic rings. The van der Waals surface area contributed by atoms with Crippen LogP contribution >= 0.6 is 11.6 Å². The fourth-order valence-electron chi connectivity index (χ4n) is 2.41. The van der Waals surface area contributed by atoms with E-state index in [1.54, 1.807) is 7.11 Å². The van der Waals surface area contributed by atoms with Crippen LogP contribution in [0.3, 0.4) is 0 Å². The van der Waals surface area contributed by atoms with E-state index < -0.39 is 0 Å². The quantitative estimate of drug-likeness (QED) is 0.906. The lowest BCUT2D eigenvalue weighted by atomic mass is 10.1. The summed E-state index contributed by atoms with van der Waals surface area (Å²) in [6.07, 6.45) is 0.980. The number of benzene rings is 1. The normalized spacial score (nSPS) is 13.3. The van der Waals surface area contributed by atoms with Gasteiger partial charge in [-0.3, -0.25) is 4.68 Å². The molecule has 0 unspecified atom stereocenters. The second-order valence-electron chi connectivity index (χ2n) is 4.32. The van der Waals surface area contributed by atoms with Crippen molar-refractivity contribution < 1.29 is 4.74 Å². The van der Waals surface area contributed by atoms with E-state index in [-0.39, 0.29) is 0 Å². The van der Waals surface area contributed by atoms with Crippen molar-refractivity contribution in [2.45, 2.75) is 6.42 Å². The average Bonchev–Trinajstić information content (AvgIpc) is 2.94. The molecule has 1 aromatic carbocycles. The van der Waals surface area contributed by atoms with Gasteiger partial charge in [-0.25, -0.2) is 0 Å². The summed E-state index contributed by atoms with van der Waals surface area (Å²) >= 11 is 6.08. The van der Waals surface area contributed by atoms with Crippen LogP contribution in [0, 0.1) is 0 Å². The van der Waals surface area contributed by atoms with Crippen LogP contribution in [-0.2, 0) is 13.5 Å². The molecule has 0 atom stereocenters. The summed E-state index contributed by atoms with van der Waals surface area (Å²) in [5.41, 5.74) is 3.14. The van der Waals surface area contributed by atoms with E-state index in [0.717, 1.165) is 35.8 Å². The van der Waals surface area contributed by atoms with Crippen LogP contribution < -0.4 is 10.1 Å². The van der Waals surface area contributed by atoms with Crippen LogP contribution in [0.1, 0.15) is 5.56 Å². The zero-order valence-electron chi connectivity index (χ0n) is 10.3. The minimum atomic E-state index is 0.691. The Morgan fingerprint density at radius 2 is 2.28 bits per heavy atom. The first kappa shape index (κ1) is 11.4. The van der Waals surface area contributed by atoms with Crippen LogP contribution in [-0.4, -0.2) is 23.4 Å². The summed E-state index contributed by atoms with van der Waals surface area (Å²) in [6, 6.07) is 5.60. The monoisotopic (exact) mass is 263 g/mol. The van der Waals surface area contributed by atoms with Gasteiger partial charge >= 0.3 is 0 Å². The molecule has 5 heteroatoms. The third-order valence-corrected chi connectivity index (χ3v) is 3.46. The van der Waals surface area contributed by atoms with Gasteiger partial charge in [0.25, 0.3) is 0 Å². The van der Waals surface area contributed by atoms with Crippen molar-refractivity contribution in [3.63, 3.8) is 0 Å². The Bertz CT molecular complexity index is 607. The molecule has 0 radical (unpaired) electrons. The highest BCUT2D eigenvalue weighted by atomic mass is 35.5. The average molecular weight is 264 g/mol. The van der Waals surface area contributed by atoms with Crippen LogP contribution in [0.5, 0.6) is 5.75 Å². The molecule has 0 saturated heterocycles. The predicted octanol–water partition coefficient (Wildman–Crippen LogP) is 2.72. The van der Waals surface area contributed by atoms with E-state index in [1.807, 2.05) is 29.9 Å². The first-order chi connectivity index (χ1) is 8.70. The van der Waals surface area contributed by atoms with E-state index in [9.17, 15) is 0 Å². The molecule has 1 N–H and O–H groups in total. The van der Waals surface area contributed by atoms with Gasteiger partial charge in [-0.1, -0.05) is 11.6 Å². The molecule has 1 aromatic heterocycles. The Balaban J connectivity index is 2.21. The van der Waals surface area contributed by atoms with E-state index in [1.165, 1.54) is 5.56 Å². The predicted molar refractivity (Wildman–Crippen MR) is 72.4 cm³/mol. The molecule has 0 spiro atoms. The van der Waals surface area contributed by atoms with Gasteiger partial charge in [0.2, 0.25) is 0 Å². The molecule has 1 aliphatic rings. The number of halogens is 1. The molecule has 0 amide bonds. The number of aromatic nitrogens is 2. The number of nitrogens with zero attached hydrogens (tertiary/aromatic N) is 2. The zero-order valence-corrected chi connectivity index (χ0v) is 11.1. The second kappa shape index (κ2) is 4.21. The number of ether oxygens (including phenoxy) is 1. The molecule has 1 aliphatic heterocycles. The fraction of sp³-hybridized carbons (Fsp3) is 0.308. The largest absolute Gasteiger partial charge is 0.496 e. The standard InChI is InChI=1S/C13H14ClN3O/c1-17-13-9(5-6-15-13)12(16-17)10-7-8(14)3-4-11(10)18-2/h3-4,7,15H,5-6H2,1-2H3. The van der Waals surface area contributed by atoms with Crippen LogP contribution in [0.25, 0.3) is 11.3 Å². The second-order valence-corrected chi connectivity index (χ2v) is 4.76. The highest BCUT2D eigenvalue weighted by Gasteiger charge is 2.23. The summed E-state index contributed by atoms with van der Waals surface area (Å²) in [5, 5.41) is 8.60. The van der Waals surface area contributed by atoms with Crippen molar-refractivity contribution >= 4 is 17.4 Å². The van der Waals surface area contributed by atoms with Crippen molar-refractivity contribution in [1.82, 2.24) is 9.78 Å². The summed E-state index contributed by atoms with van der Waals surface area (Å²) in [4.78, 5) is 0. The number of anilines is 1. The Morgan fingerprint density at radius 1 is 1.44 bits per heavy atom. The molecular formula is C13H14ClN3O. The minimum Gasteiger partial charge on any atom is -0.496 e. The van der Waals surface area contributed by atoms with Gasteiger partial charge in [-0.15, -0.1) is 0 Å². The number of nitrogens with one attached hydrogen (secondary N) is 1. The number of methoxy groups -OCH3 is 1. The third kappa shape index (κ3) is 1.64. The first-order valence-corrected chi connectivity index (χ1v) is 6.22. The number of hydrogen-bond donors (Lipinski definition) is 1. The summed E-state index contributed by atoms with van der Waals surface area (Å²) < 4.78 is 7.27. The first-order valence-electron chi connectivity index (χ1n) is 5.84. The number of rotatable bonds is 2. The molecular weight excluding hydrogens is 250 g/mol. The van der Waals surface area contributed by atoms with Gasteiger partial charge in [0.05, 0.1) is 7.11 Å². The lowest BCUT2D eigenvalue weighted by molar-refractivity contribution is 0.416. The number of hydrogen-bond acceptors (Lipinski definition) is 3. The Hall–Kier alpha value is -1.68. The maximum atomic E-state index is 6.08. The molecule has 0 fully saturated rings. The molecule has 4 nitrogen and oxygen atoms in total. The van der Waals surface area contributed by atoms with Crippen molar-refractivity contribution in [1.29, 1.82) is 0 Å². The van der Waals surface area contributed by atoms with Crippen molar-refractivity contribution in [2.24, 2.45) is 7.05 Å². The Morgan fingerprint density at radius 3 is 3.06 bits per heavy atom. The van der Waals surface area contributed by atoms with E-state index in [2.05, 4.69) is 10.4 Å². The van der Waals surface area contributed by atoms with E-state index >= 15 is 0 Å².